The van der Waals surface area contributed by atoms with E-state index in [1.54, 1.807) is 61.0 Å². The Kier molecular flexibility index (Phi) is 9.72. The number of ether oxygens (including phenoxy) is 1. The van der Waals surface area contributed by atoms with Gasteiger partial charge in [-0.1, -0.05) is 54.9 Å². The topological polar surface area (TPSA) is 87.7 Å². The highest BCUT2D eigenvalue weighted by Gasteiger charge is 2.34. The maximum Gasteiger partial charge on any atom is 0.261 e. The van der Waals surface area contributed by atoms with Crippen molar-refractivity contribution in [2.24, 2.45) is 0 Å². The van der Waals surface area contributed by atoms with Crippen molar-refractivity contribution in [1.82, 2.24) is 15.5 Å². The molecule has 0 aliphatic rings. The van der Waals surface area contributed by atoms with Gasteiger partial charge in [0.15, 0.2) is 0 Å². The van der Waals surface area contributed by atoms with E-state index in [9.17, 15) is 14.4 Å². The molecule has 2 N–H and O–H groups in total. The van der Waals surface area contributed by atoms with Crippen molar-refractivity contribution >= 4 is 40.7 Å². The summed E-state index contributed by atoms with van der Waals surface area (Å²) in [7, 11) is 1.54. The number of rotatable bonds is 11. The number of hydrogen-bond donors (Lipinski definition) is 2. The maximum absolute atomic E-state index is 13.8. The monoisotopic (exact) mass is 541 g/mol. The molecule has 37 heavy (non-hydrogen) atoms. The third kappa shape index (κ3) is 7.57. The first-order valence-electron chi connectivity index (χ1n) is 12.0. The molecule has 3 amide bonds. The lowest BCUT2D eigenvalue weighted by atomic mass is 9.98. The highest BCUT2D eigenvalue weighted by Crippen LogP contribution is 2.29. The van der Waals surface area contributed by atoms with Crippen LogP contribution in [0.2, 0.25) is 5.02 Å². The highest BCUT2D eigenvalue weighted by molar-refractivity contribution is 7.12. The summed E-state index contributed by atoms with van der Waals surface area (Å²) in [6.07, 6.45) is 0.693. The largest absolute Gasteiger partial charge is 0.497 e. The van der Waals surface area contributed by atoms with Crippen LogP contribution in [0.25, 0.3) is 0 Å². The number of carbonyl (C=O) groups is 3. The smallest absolute Gasteiger partial charge is 0.261 e. The van der Waals surface area contributed by atoms with E-state index in [4.69, 9.17) is 16.3 Å². The minimum absolute atomic E-state index is 0.0647. The maximum atomic E-state index is 13.8. The molecule has 0 aliphatic heterocycles. The van der Waals surface area contributed by atoms with Gasteiger partial charge in [0, 0.05) is 17.1 Å². The average Bonchev–Trinajstić information content (AvgIpc) is 3.43. The number of halogens is 1. The SMILES string of the molecule is CCC(C)(C)NC(=O)[C@@H](c1cccc(OC)c1)N(Cc1ccccc1Cl)C(=O)CNC(=O)c1cccs1. The van der Waals surface area contributed by atoms with Crippen molar-refractivity contribution in [3.8, 4) is 5.75 Å². The van der Waals surface area contributed by atoms with Crippen molar-refractivity contribution < 1.29 is 19.1 Å². The van der Waals surface area contributed by atoms with E-state index in [-0.39, 0.29) is 24.9 Å². The van der Waals surface area contributed by atoms with Gasteiger partial charge < -0.3 is 20.3 Å². The zero-order valence-corrected chi connectivity index (χ0v) is 23.0. The Bertz CT molecular complexity index is 1230. The van der Waals surface area contributed by atoms with Crippen molar-refractivity contribution in [3.05, 3.63) is 87.1 Å². The summed E-state index contributed by atoms with van der Waals surface area (Å²) < 4.78 is 5.39. The molecule has 0 aliphatic carbocycles. The van der Waals surface area contributed by atoms with E-state index in [2.05, 4.69) is 10.6 Å². The lowest BCUT2D eigenvalue weighted by Crippen LogP contribution is -2.51. The quantitative estimate of drug-likeness (QED) is 0.348. The van der Waals surface area contributed by atoms with Gasteiger partial charge in [0.2, 0.25) is 11.8 Å². The molecule has 1 aromatic heterocycles. The summed E-state index contributed by atoms with van der Waals surface area (Å²) in [5, 5.41) is 8.02. The van der Waals surface area contributed by atoms with Crippen LogP contribution in [-0.2, 0) is 16.1 Å². The summed E-state index contributed by atoms with van der Waals surface area (Å²) in [4.78, 5) is 42.0. The van der Waals surface area contributed by atoms with E-state index in [0.29, 0.717) is 33.2 Å². The summed E-state index contributed by atoms with van der Waals surface area (Å²) >= 11 is 7.73. The fourth-order valence-corrected chi connectivity index (χ4v) is 4.50. The van der Waals surface area contributed by atoms with E-state index < -0.39 is 17.5 Å². The molecule has 3 rings (SSSR count). The van der Waals surface area contributed by atoms with Crippen LogP contribution >= 0.6 is 22.9 Å². The number of amides is 3. The Labute approximate surface area is 226 Å². The number of methoxy groups -OCH3 is 1. The van der Waals surface area contributed by atoms with Crippen LogP contribution in [0, 0.1) is 0 Å². The molecular formula is C28H32ClN3O4S. The second kappa shape index (κ2) is 12.7. The molecular weight excluding hydrogens is 510 g/mol. The molecule has 0 unspecified atom stereocenters. The second-order valence-electron chi connectivity index (χ2n) is 9.18. The number of hydrogen-bond acceptors (Lipinski definition) is 5. The van der Waals surface area contributed by atoms with Gasteiger partial charge in [-0.05, 0) is 61.0 Å². The van der Waals surface area contributed by atoms with Gasteiger partial charge in [0.25, 0.3) is 5.91 Å². The molecule has 0 radical (unpaired) electrons. The molecule has 1 atom stereocenters. The summed E-state index contributed by atoms with van der Waals surface area (Å²) in [6, 6.07) is 16.7. The first-order chi connectivity index (χ1) is 17.6. The van der Waals surface area contributed by atoms with Crippen LogP contribution in [0.4, 0.5) is 0 Å². The van der Waals surface area contributed by atoms with Gasteiger partial charge in [-0.25, -0.2) is 0 Å². The highest BCUT2D eigenvalue weighted by atomic mass is 35.5. The first kappa shape index (κ1) is 28.2. The van der Waals surface area contributed by atoms with E-state index in [0.717, 1.165) is 0 Å². The number of benzene rings is 2. The Balaban J connectivity index is 2.02. The molecule has 0 saturated heterocycles. The van der Waals surface area contributed by atoms with Gasteiger partial charge in [-0.2, -0.15) is 0 Å². The van der Waals surface area contributed by atoms with Gasteiger partial charge >= 0.3 is 0 Å². The molecule has 9 heteroatoms. The van der Waals surface area contributed by atoms with Crippen LogP contribution in [0.3, 0.4) is 0 Å². The van der Waals surface area contributed by atoms with Crippen LogP contribution in [0.1, 0.15) is 54.0 Å². The Morgan fingerprint density at radius 2 is 1.84 bits per heavy atom. The molecule has 0 fully saturated rings. The Morgan fingerprint density at radius 3 is 2.49 bits per heavy atom. The van der Waals surface area contributed by atoms with Crippen molar-refractivity contribution in [2.75, 3.05) is 13.7 Å². The number of nitrogens with zero attached hydrogens (tertiary/aromatic N) is 1. The van der Waals surface area contributed by atoms with Gasteiger partial charge in [-0.15, -0.1) is 11.3 Å². The minimum atomic E-state index is -0.997. The predicted octanol–water partition coefficient (Wildman–Crippen LogP) is 5.21. The van der Waals surface area contributed by atoms with Gasteiger partial charge in [-0.3, -0.25) is 14.4 Å². The third-order valence-corrected chi connectivity index (χ3v) is 7.32. The first-order valence-corrected chi connectivity index (χ1v) is 13.2. The van der Waals surface area contributed by atoms with Crippen LogP contribution in [-0.4, -0.2) is 41.8 Å². The summed E-state index contributed by atoms with van der Waals surface area (Å²) in [5.74, 6) is -0.566. The lowest BCUT2D eigenvalue weighted by Gasteiger charge is -2.35. The number of thiophene rings is 1. The fourth-order valence-electron chi connectivity index (χ4n) is 3.66. The zero-order chi connectivity index (χ0) is 27.0. The molecule has 0 saturated carbocycles. The minimum Gasteiger partial charge on any atom is -0.497 e. The Hall–Kier alpha value is -3.36. The third-order valence-electron chi connectivity index (χ3n) is 6.08. The normalized spacial score (nSPS) is 11.9. The standard InChI is InChI=1S/C28H32ClN3O4S/c1-5-28(2,3)31-27(35)25(19-11-8-12-21(16-19)36-4)32(18-20-10-6-7-13-22(20)29)24(33)17-30-26(34)23-14-9-15-37-23/h6-16,25H,5,17-18H2,1-4H3,(H,30,34)(H,31,35)/t25-/m1/s1. The van der Waals surface area contributed by atoms with Crippen LogP contribution in [0.5, 0.6) is 5.75 Å². The lowest BCUT2D eigenvalue weighted by molar-refractivity contribution is -0.141. The molecule has 0 bridgehead atoms. The summed E-state index contributed by atoms with van der Waals surface area (Å²) in [6.45, 7) is 5.61. The fraction of sp³-hybridized carbons (Fsp3) is 0.321. The van der Waals surface area contributed by atoms with E-state index in [1.807, 2.05) is 32.9 Å². The number of nitrogens with one attached hydrogen (secondary N) is 2. The molecule has 0 spiro atoms. The molecule has 3 aromatic rings. The summed E-state index contributed by atoms with van der Waals surface area (Å²) in [5.41, 5.74) is 0.757. The van der Waals surface area contributed by atoms with Crippen molar-refractivity contribution in [1.29, 1.82) is 0 Å². The molecule has 1 heterocycles. The Morgan fingerprint density at radius 1 is 1.08 bits per heavy atom. The van der Waals surface area contributed by atoms with Crippen LogP contribution in [0.15, 0.2) is 66.0 Å². The van der Waals surface area contributed by atoms with Gasteiger partial charge in [0.1, 0.15) is 11.8 Å². The molecule has 2 aromatic carbocycles. The van der Waals surface area contributed by atoms with Crippen LogP contribution < -0.4 is 15.4 Å². The zero-order valence-electron chi connectivity index (χ0n) is 21.4. The van der Waals surface area contributed by atoms with E-state index in [1.165, 1.54) is 16.2 Å². The van der Waals surface area contributed by atoms with Gasteiger partial charge in [0.05, 0.1) is 18.5 Å². The average molecular weight is 542 g/mol. The van der Waals surface area contributed by atoms with Crippen molar-refractivity contribution in [3.63, 3.8) is 0 Å². The van der Waals surface area contributed by atoms with E-state index >= 15 is 0 Å². The van der Waals surface area contributed by atoms with Crippen molar-refractivity contribution in [2.45, 2.75) is 45.3 Å². The molecule has 7 nitrogen and oxygen atoms in total. The second-order valence-corrected chi connectivity index (χ2v) is 10.5. The molecule has 196 valence electrons. The predicted molar refractivity (Wildman–Crippen MR) is 147 cm³/mol. The number of carbonyl (C=O) groups excluding carboxylic acids is 3.